The molecule has 14 heavy (non-hydrogen) atoms. The molecule has 0 spiro atoms. The first-order valence-electron chi connectivity index (χ1n) is 6.10. The van der Waals surface area contributed by atoms with Crippen molar-refractivity contribution in [2.75, 3.05) is 19.7 Å². The molecule has 1 rings (SSSR count). The van der Waals surface area contributed by atoms with Crippen LogP contribution in [0.1, 0.15) is 46.0 Å². The van der Waals surface area contributed by atoms with Gasteiger partial charge in [-0.05, 0) is 37.3 Å². The third-order valence-electron chi connectivity index (χ3n) is 3.91. The lowest BCUT2D eigenvalue weighted by molar-refractivity contribution is 0.0229. The Morgan fingerprint density at radius 1 is 1.29 bits per heavy atom. The van der Waals surface area contributed by atoms with Gasteiger partial charge in [0.2, 0.25) is 0 Å². The highest BCUT2D eigenvalue weighted by Gasteiger charge is 2.37. The van der Waals surface area contributed by atoms with Gasteiger partial charge in [0.05, 0.1) is 0 Å². The van der Waals surface area contributed by atoms with Gasteiger partial charge in [0.25, 0.3) is 0 Å². The van der Waals surface area contributed by atoms with Crippen molar-refractivity contribution >= 4 is 0 Å². The number of piperidine rings is 1. The summed E-state index contributed by atoms with van der Waals surface area (Å²) in [5.41, 5.74) is 0.232. The molecule has 2 heteroatoms. The fourth-order valence-electron chi connectivity index (χ4n) is 2.91. The molecule has 1 aliphatic rings. The standard InChI is InChI=1S/C12H25NO/c1-3-5-11(4-2)12(10-14)6-8-13-9-7-12/h11,13-14H,3-10H2,1-2H3. The molecule has 0 aromatic rings. The van der Waals surface area contributed by atoms with Gasteiger partial charge in [-0.3, -0.25) is 0 Å². The summed E-state index contributed by atoms with van der Waals surface area (Å²) in [4.78, 5) is 0. The predicted octanol–water partition coefficient (Wildman–Crippen LogP) is 2.17. The van der Waals surface area contributed by atoms with E-state index in [4.69, 9.17) is 0 Å². The van der Waals surface area contributed by atoms with Crippen molar-refractivity contribution in [3.8, 4) is 0 Å². The highest BCUT2D eigenvalue weighted by atomic mass is 16.3. The van der Waals surface area contributed by atoms with Crippen LogP contribution in [0.2, 0.25) is 0 Å². The fraction of sp³-hybridized carbons (Fsp3) is 1.00. The highest BCUT2D eigenvalue weighted by Crippen LogP contribution is 2.40. The maximum Gasteiger partial charge on any atom is 0.0491 e. The molecule has 0 aliphatic carbocycles. The van der Waals surface area contributed by atoms with E-state index in [1.807, 2.05) is 0 Å². The van der Waals surface area contributed by atoms with E-state index < -0.39 is 0 Å². The van der Waals surface area contributed by atoms with E-state index >= 15 is 0 Å². The number of hydrogen-bond acceptors (Lipinski definition) is 2. The summed E-state index contributed by atoms with van der Waals surface area (Å²) in [7, 11) is 0. The minimum atomic E-state index is 0.232. The molecule has 84 valence electrons. The summed E-state index contributed by atoms with van der Waals surface area (Å²) < 4.78 is 0. The quantitative estimate of drug-likeness (QED) is 0.711. The van der Waals surface area contributed by atoms with Gasteiger partial charge in [0.15, 0.2) is 0 Å². The average molecular weight is 199 g/mol. The molecule has 2 N–H and O–H groups in total. The fourth-order valence-corrected chi connectivity index (χ4v) is 2.91. The second kappa shape index (κ2) is 5.72. The Bertz CT molecular complexity index is 152. The Labute approximate surface area is 88.1 Å². The molecule has 1 heterocycles. The Morgan fingerprint density at radius 2 is 1.93 bits per heavy atom. The summed E-state index contributed by atoms with van der Waals surface area (Å²) in [6, 6.07) is 0. The molecule has 1 unspecified atom stereocenters. The minimum absolute atomic E-state index is 0.232. The molecule has 1 atom stereocenters. The SMILES string of the molecule is CCCC(CC)C1(CO)CCNCC1. The first kappa shape index (κ1) is 12.0. The van der Waals surface area contributed by atoms with E-state index in [-0.39, 0.29) is 5.41 Å². The molecular formula is C12H25NO. The van der Waals surface area contributed by atoms with Crippen molar-refractivity contribution in [1.29, 1.82) is 0 Å². The number of hydrogen-bond donors (Lipinski definition) is 2. The van der Waals surface area contributed by atoms with Gasteiger partial charge in [-0.2, -0.15) is 0 Å². The van der Waals surface area contributed by atoms with Crippen LogP contribution in [0.4, 0.5) is 0 Å². The summed E-state index contributed by atoms with van der Waals surface area (Å²) in [6.45, 7) is 7.06. The molecule has 1 aliphatic heterocycles. The van der Waals surface area contributed by atoms with Crippen LogP contribution >= 0.6 is 0 Å². The van der Waals surface area contributed by atoms with Crippen molar-refractivity contribution in [2.45, 2.75) is 46.0 Å². The van der Waals surface area contributed by atoms with E-state index in [2.05, 4.69) is 19.2 Å². The van der Waals surface area contributed by atoms with Crippen LogP contribution < -0.4 is 5.32 Å². The van der Waals surface area contributed by atoms with Gasteiger partial charge >= 0.3 is 0 Å². The van der Waals surface area contributed by atoms with Crippen LogP contribution in [0, 0.1) is 11.3 Å². The highest BCUT2D eigenvalue weighted by molar-refractivity contribution is 4.89. The number of nitrogens with one attached hydrogen (secondary N) is 1. The summed E-state index contributed by atoms with van der Waals surface area (Å²) in [5, 5.41) is 13.0. The third kappa shape index (κ3) is 2.48. The Balaban J connectivity index is 2.63. The molecule has 2 nitrogen and oxygen atoms in total. The van der Waals surface area contributed by atoms with E-state index in [0.29, 0.717) is 6.61 Å². The molecule has 0 bridgehead atoms. The van der Waals surface area contributed by atoms with Gasteiger partial charge < -0.3 is 10.4 Å². The van der Waals surface area contributed by atoms with Crippen molar-refractivity contribution in [3.63, 3.8) is 0 Å². The first-order valence-corrected chi connectivity index (χ1v) is 6.10. The van der Waals surface area contributed by atoms with Crippen LogP contribution in [0.15, 0.2) is 0 Å². The Morgan fingerprint density at radius 3 is 2.36 bits per heavy atom. The van der Waals surface area contributed by atoms with Crippen molar-refractivity contribution in [3.05, 3.63) is 0 Å². The number of aliphatic hydroxyl groups is 1. The largest absolute Gasteiger partial charge is 0.396 e. The van der Waals surface area contributed by atoms with Gasteiger partial charge in [-0.25, -0.2) is 0 Å². The zero-order chi connectivity index (χ0) is 10.4. The molecule has 0 saturated carbocycles. The molecule has 0 aromatic carbocycles. The smallest absolute Gasteiger partial charge is 0.0491 e. The summed E-state index contributed by atoms with van der Waals surface area (Å²) in [6.07, 6.45) is 6.04. The van der Waals surface area contributed by atoms with E-state index in [9.17, 15) is 5.11 Å². The summed E-state index contributed by atoms with van der Waals surface area (Å²) in [5.74, 6) is 0.722. The van der Waals surface area contributed by atoms with Crippen LogP contribution in [0.5, 0.6) is 0 Å². The second-order valence-corrected chi connectivity index (χ2v) is 4.66. The maximum absolute atomic E-state index is 9.64. The maximum atomic E-state index is 9.64. The van der Waals surface area contributed by atoms with Gasteiger partial charge in [-0.1, -0.05) is 33.1 Å². The lowest BCUT2D eigenvalue weighted by atomic mass is 9.67. The van der Waals surface area contributed by atoms with Crippen molar-refractivity contribution < 1.29 is 5.11 Å². The van der Waals surface area contributed by atoms with Crippen LogP contribution in [0.25, 0.3) is 0 Å². The molecule has 0 radical (unpaired) electrons. The monoisotopic (exact) mass is 199 g/mol. The molecule has 1 fully saturated rings. The molecular weight excluding hydrogens is 174 g/mol. The normalized spacial score (nSPS) is 23.4. The first-order chi connectivity index (χ1) is 6.79. The lowest BCUT2D eigenvalue weighted by Crippen LogP contribution is -2.44. The van der Waals surface area contributed by atoms with Crippen molar-refractivity contribution in [2.24, 2.45) is 11.3 Å². The van der Waals surface area contributed by atoms with E-state index in [1.54, 1.807) is 0 Å². The zero-order valence-corrected chi connectivity index (χ0v) is 9.68. The van der Waals surface area contributed by atoms with Gasteiger partial charge in [0, 0.05) is 6.61 Å². The summed E-state index contributed by atoms with van der Waals surface area (Å²) >= 11 is 0. The molecule has 0 amide bonds. The topological polar surface area (TPSA) is 32.3 Å². The third-order valence-corrected chi connectivity index (χ3v) is 3.91. The van der Waals surface area contributed by atoms with Crippen LogP contribution in [-0.4, -0.2) is 24.8 Å². The van der Waals surface area contributed by atoms with Crippen LogP contribution in [-0.2, 0) is 0 Å². The minimum Gasteiger partial charge on any atom is -0.396 e. The zero-order valence-electron chi connectivity index (χ0n) is 9.68. The van der Waals surface area contributed by atoms with E-state index in [1.165, 1.54) is 19.3 Å². The number of rotatable bonds is 5. The average Bonchev–Trinajstić information content (AvgIpc) is 2.27. The Kier molecular flexibility index (Phi) is 4.90. The molecule has 0 aromatic heterocycles. The van der Waals surface area contributed by atoms with Crippen LogP contribution in [0.3, 0.4) is 0 Å². The molecule has 1 saturated heterocycles. The van der Waals surface area contributed by atoms with Crippen molar-refractivity contribution in [1.82, 2.24) is 5.32 Å². The van der Waals surface area contributed by atoms with Gasteiger partial charge in [0.1, 0.15) is 0 Å². The van der Waals surface area contributed by atoms with E-state index in [0.717, 1.165) is 31.8 Å². The number of aliphatic hydroxyl groups excluding tert-OH is 1. The lowest BCUT2D eigenvalue weighted by Gasteiger charge is -2.42. The Hall–Kier alpha value is -0.0800. The van der Waals surface area contributed by atoms with Gasteiger partial charge in [-0.15, -0.1) is 0 Å². The second-order valence-electron chi connectivity index (χ2n) is 4.66. The predicted molar refractivity (Wildman–Crippen MR) is 60.3 cm³/mol.